The van der Waals surface area contributed by atoms with Crippen LogP contribution in [-0.2, 0) is 11.3 Å². The molecule has 1 heterocycles. The molecular formula is C20H20FN5O2. The molecule has 0 spiro atoms. The molecule has 0 radical (unpaired) electrons. The van der Waals surface area contributed by atoms with Crippen LogP contribution in [-0.4, -0.2) is 28.0 Å². The summed E-state index contributed by atoms with van der Waals surface area (Å²) in [4.78, 5) is 27.6. The Morgan fingerprint density at radius 3 is 2.71 bits per heavy atom. The Bertz CT molecular complexity index is 972. The zero-order valence-electron chi connectivity index (χ0n) is 15.3. The van der Waals surface area contributed by atoms with Crippen molar-refractivity contribution in [3.8, 4) is 5.69 Å². The van der Waals surface area contributed by atoms with Crippen molar-refractivity contribution in [1.82, 2.24) is 20.2 Å². The number of halogens is 1. The van der Waals surface area contributed by atoms with Crippen molar-refractivity contribution in [3.63, 3.8) is 0 Å². The molecule has 3 aromatic rings. The number of urea groups is 1. The van der Waals surface area contributed by atoms with E-state index in [4.69, 9.17) is 0 Å². The van der Waals surface area contributed by atoms with Crippen molar-refractivity contribution < 1.29 is 14.0 Å². The molecule has 0 fully saturated rings. The monoisotopic (exact) mass is 381 g/mol. The van der Waals surface area contributed by atoms with Gasteiger partial charge < -0.3 is 20.5 Å². The Hall–Kier alpha value is -3.68. The summed E-state index contributed by atoms with van der Waals surface area (Å²) in [6, 6.07) is 11.5. The molecule has 28 heavy (non-hydrogen) atoms. The van der Waals surface area contributed by atoms with E-state index in [1.807, 2.05) is 25.1 Å². The van der Waals surface area contributed by atoms with Crippen molar-refractivity contribution in [1.29, 1.82) is 0 Å². The Balaban J connectivity index is 1.45. The second-order valence-electron chi connectivity index (χ2n) is 6.21. The van der Waals surface area contributed by atoms with Gasteiger partial charge in [0.05, 0.1) is 18.6 Å². The number of aromatic nitrogens is 2. The Labute approximate surface area is 161 Å². The molecule has 0 bridgehead atoms. The molecule has 3 N–H and O–H groups in total. The van der Waals surface area contributed by atoms with Gasteiger partial charge in [0.25, 0.3) is 0 Å². The maximum absolute atomic E-state index is 14.2. The highest BCUT2D eigenvalue weighted by molar-refractivity contribution is 5.92. The second-order valence-corrected chi connectivity index (χ2v) is 6.21. The summed E-state index contributed by atoms with van der Waals surface area (Å²) < 4.78 is 15.8. The molecule has 0 saturated heterocycles. The highest BCUT2D eigenvalue weighted by Gasteiger charge is 2.08. The minimum atomic E-state index is -0.475. The Kier molecular flexibility index (Phi) is 6.01. The van der Waals surface area contributed by atoms with E-state index in [9.17, 15) is 14.0 Å². The maximum Gasteiger partial charge on any atom is 0.319 e. The summed E-state index contributed by atoms with van der Waals surface area (Å²) in [7, 11) is 0. The van der Waals surface area contributed by atoms with Gasteiger partial charge in [-0.3, -0.25) is 4.79 Å². The third-order valence-electron chi connectivity index (χ3n) is 3.97. The molecular weight excluding hydrogens is 361 g/mol. The molecule has 8 heteroatoms. The lowest BCUT2D eigenvalue weighted by Crippen LogP contribution is -2.38. The number of carbonyl (C=O) groups is 2. The van der Waals surface area contributed by atoms with Gasteiger partial charge >= 0.3 is 6.03 Å². The molecule has 3 amide bonds. The van der Waals surface area contributed by atoms with Gasteiger partial charge in [-0.15, -0.1) is 0 Å². The van der Waals surface area contributed by atoms with Crippen LogP contribution in [0.4, 0.5) is 14.9 Å². The number of hydrogen-bond acceptors (Lipinski definition) is 3. The maximum atomic E-state index is 14.2. The Morgan fingerprint density at radius 1 is 1.14 bits per heavy atom. The first kappa shape index (κ1) is 19.1. The molecule has 7 nitrogen and oxygen atoms in total. The molecule has 3 rings (SSSR count). The van der Waals surface area contributed by atoms with Gasteiger partial charge in [0.2, 0.25) is 5.91 Å². The highest BCUT2D eigenvalue weighted by atomic mass is 19.1. The van der Waals surface area contributed by atoms with Crippen molar-refractivity contribution in [2.75, 3.05) is 11.9 Å². The van der Waals surface area contributed by atoms with Crippen LogP contribution in [0.2, 0.25) is 0 Å². The van der Waals surface area contributed by atoms with E-state index in [0.717, 1.165) is 5.56 Å². The summed E-state index contributed by atoms with van der Waals surface area (Å²) in [5, 5.41) is 7.77. The number of rotatable bonds is 6. The van der Waals surface area contributed by atoms with Gasteiger partial charge in [-0.1, -0.05) is 18.2 Å². The van der Waals surface area contributed by atoms with Gasteiger partial charge in [-0.05, 0) is 42.3 Å². The van der Waals surface area contributed by atoms with Crippen molar-refractivity contribution >= 4 is 17.6 Å². The fourth-order valence-electron chi connectivity index (χ4n) is 2.59. The average molecular weight is 381 g/mol. The zero-order valence-corrected chi connectivity index (χ0v) is 15.3. The van der Waals surface area contributed by atoms with Gasteiger partial charge in [0, 0.05) is 24.6 Å². The van der Waals surface area contributed by atoms with E-state index in [1.165, 1.54) is 12.4 Å². The van der Waals surface area contributed by atoms with E-state index in [-0.39, 0.29) is 19.0 Å². The van der Waals surface area contributed by atoms with E-state index in [0.29, 0.717) is 16.9 Å². The van der Waals surface area contributed by atoms with Gasteiger partial charge in [-0.2, -0.15) is 0 Å². The van der Waals surface area contributed by atoms with Gasteiger partial charge in [0.1, 0.15) is 5.82 Å². The normalized spacial score (nSPS) is 10.4. The molecule has 0 saturated carbocycles. The number of amides is 3. The number of hydrogen-bond donors (Lipinski definition) is 3. The summed E-state index contributed by atoms with van der Waals surface area (Å²) in [5.41, 5.74) is 2.65. The summed E-state index contributed by atoms with van der Waals surface area (Å²) in [6.07, 6.45) is 4.72. The molecule has 0 atom stereocenters. The molecule has 0 aliphatic rings. The van der Waals surface area contributed by atoms with Crippen LogP contribution in [0, 0.1) is 12.7 Å². The van der Waals surface area contributed by atoms with E-state index in [1.54, 1.807) is 35.2 Å². The number of nitrogens with one attached hydrogen (secondary N) is 3. The number of aryl methyl sites for hydroxylation is 1. The number of benzene rings is 2. The lowest BCUT2D eigenvalue weighted by Gasteiger charge is -2.10. The average Bonchev–Trinajstić information content (AvgIpc) is 3.19. The van der Waals surface area contributed by atoms with Crippen LogP contribution < -0.4 is 16.0 Å². The summed E-state index contributed by atoms with van der Waals surface area (Å²) >= 11 is 0. The van der Waals surface area contributed by atoms with Crippen LogP contribution in [0.1, 0.15) is 11.1 Å². The molecule has 0 aliphatic heterocycles. The summed E-state index contributed by atoms with van der Waals surface area (Å²) in [5.74, 6) is -0.793. The minimum Gasteiger partial charge on any atom is -0.350 e. The van der Waals surface area contributed by atoms with Gasteiger partial charge in [-0.25, -0.2) is 14.2 Å². The van der Waals surface area contributed by atoms with Crippen LogP contribution >= 0.6 is 0 Å². The molecule has 1 aromatic heterocycles. The molecule has 2 aromatic carbocycles. The number of carbonyl (C=O) groups excluding carboxylic acids is 2. The highest BCUT2D eigenvalue weighted by Crippen LogP contribution is 2.15. The lowest BCUT2D eigenvalue weighted by molar-refractivity contribution is -0.120. The van der Waals surface area contributed by atoms with Crippen molar-refractivity contribution in [2.45, 2.75) is 13.5 Å². The molecule has 0 aliphatic carbocycles. The minimum absolute atomic E-state index is 0.154. The van der Waals surface area contributed by atoms with Crippen LogP contribution in [0.5, 0.6) is 0 Å². The van der Waals surface area contributed by atoms with Crippen LogP contribution in [0.25, 0.3) is 5.69 Å². The zero-order chi connectivity index (χ0) is 19.9. The van der Waals surface area contributed by atoms with Crippen molar-refractivity contribution in [2.24, 2.45) is 0 Å². The van der Waals surface area contributed by atoms with Crippen molar-refractivity contribution in [3.05, 3.63) is 78.1 Å². The second kappa shape index (κ2) is 8.81. The smallest absolute Gasteiger partial charge is 0.319 e. The number of nitrogens with zero attached hydrogens (tertiary/aromatic N) is 2. The van der Waals surface area contributed by atoms with Crippen LogP contribution in [0.3, 0.4) is 0 Å². The first-order valence-electron chi connectivity index (χ1n) is 8.66. The third kappa shape index (κ3) is 5.16. The fraction of sp³-hybridized carbons (Fsp3) is 0.150. The first-order valence-corrected chi connectivity index (χ1v) is 8.66. The predicted octanol–water partition coefficient (Wildman–Crippen LogP) is 2.76. The topological polar surface area (TPSA) is 88.0 Å². The predicted molar refractivity (Wildman–Crippen MR) is 104 cm³/mol. The van der Waals surface area contributed by atoms with E-state index >= 15 is 0 Å². The number of imidazole rings is 1. The van der Waals surface area contributed by atoms with Gasteiger partial charge in [0.15, 0.2) is 0 Å². The third-order valence-corrected chi connectivity index (χ3v) is 3.97. The molecule has 0 unspecified atom stereocenters. The SMILES string of the molecule is Cc1cccc(NC(=O)NCC(=O)NCc2ccc(-n3ccnc3)c(F)c2)c1. The first-order chi connectivity index (χ1) is 13.5. The molecule has 144 valence electrons. The number of anilines is 1. The van der Waals surface area contributed by atoms with Crippen LogP contribution in [0.15, 0.2) is 61.2 Å². The Morgan fingerprint density at radius 2 is 2.00 bits per heavy atom. The quantitative estimate of drug-likeness (QED) is 0.614. The van der Waals surface area contributed by atoms with E-state index in [2.05, 4.69) is 20.9 Å². The largest absolute Gasteiger partial charge is 0.350 e. The standard InChI is InChI=1S/C20H20FN5O2/c1-14-3-2-4-16(9-14)25-20(28)24-12-19(27)23-11-15-5-6-18(17(21)10-15)26-8-7-22-13-26/h2-10,13H,11-12H2,1H3,(H,23,27)(H2,24,25,28). The lowest BCUT2D eigenvalue weighted by atomic mass is 10.2. The summed E-state index contributed by atoms with van der Waals surface area (Å²) in [6.45, 7) is 1.88. The van der Waals surface area contributed by atoms with E-state index < -0.39 is 11.8 Å². The fourth-order valence-corrected chi connectivity index (χ4v) is 2.59.